The Morgan fingerprint density at radius 3 is 2.76 bits per heavy atom. The molecule has 2 aromatic rings. The monoisotopic (exact) mass is 358 g/mol. The number of pyridine rings is 1. The van der Waals surface area contributed by atoms with Gasteiger partial charge in [-0.05, 0) is 17.7 Å². The fourth-order valence-electron chi connectivity index (χ4n) is 2.41. The molecule has 1 aromatic carbocycles. The van der Waals surface area contributed by atoms with Crippen LogP contribution in [0.1, 0.15) is 5.56 Å². The highest BCUT2D eigenvalue weighted by Gasteiger charge is 2.11. The lowest BCUT2D eigenvalue weighted by molar-refractivity contribution is 0.407. The zero-order valence-corrected chi connectivity index (χ0v) is 15.0. The summed E-state index contributed by atoms with van der Waals surface area (Å²) in [6.07, 6.45) is 1.76. The fraction of sp³-hybridized carbons (Fsp3) is 0.333. The third kappa shape index (κ3) is 5.03. The minimum absolute atomic E-state index is 0.516. The second-order valence-corrected chi connectivity index (χ2v) is 6.78. The van der Waals surface area contributed by atoms with E-state index in [2.05, 4.69) is 14.9 Å². The van der Waals surface area contributed by atoms with Crippen LogP contribution in [0, 0.1) is 0 Å². The highest BCUT2D eigenvalue weighted by molar-refractivity contribution is 7.99. The Bertz CT molecular complexity index is 715. The number of thioether (sulfide) groups is 1. The van der Waals surface area contributed by atoms with Crippen LogP contribution in [0.5, 0.6) is 17.4 Å². The van der Waals surface area contributed by atoms with E-state index in [-0.39, 0.29) is 0 Å². The van der Waals surface area contributed by atoms with Gasteiger partial charge in [0, 0.05) is 42.9 Å². The van der Waals surface area contributed by atoms with Gasteiger partial charge in [0.2, 0.25) is 5.88 Å². The normalized spacial score (nSPS) is 15.1. The van der Waals surface area contributed by atoms with Gasteiger partial charge < -0.3 is 20.1 Å². The Labute approximate surface area is 152 Å². The molecular formula is C18H22N4O2S. The third-order valence-corrected chi connectivity index (χ3v) is 4.76. The first kappa shape index (κ1) is 17.4. The Morgan fingerprint density at radius 1 is 1.24 bits per heavy atom. The second kappa shape index (κ2) is 8.62. The molecule has 1 fully saturated rings. The van der Waals surface area contributed by atoms with Crippen LogP contribution in [0.2, 0.25) is 0 Å². The van der Waals surface area contributed by atoms with E-state index in [1.165, 1.54) is 0 Å². The summed E-state index contributed by atoms with van der Waals surface area (Å²) in [6, 6.07) is 11.2. The first-order chi connectivity index (χ1) is 12.2. The van der Waals surface area contributed by atoms with Gasteiger partial charge in [0.05, 0.1) is 13.7 Å². The molecule has 1 aromatic heterocycles. The molecule has 0 saturated carbocycles. The molecule has 6 nitrogen and oxygen atoms in total. The van der Waals surface area contributed by atoms with Gasteiger partial charge in [0.1, 0.15) is 11.5 Å². The minimum atomic E-state index is 0.516. The number of hydrogen-bond acceptors (Lipinski definition) is 5. The number of methoxy groups -OCH3 is 1. The van der Waals surface area contributed by atoms with E-state index in [1.54, 1.807) is 13.3 Å². The average Bonchev–Trinajstić information content (AvgIpc) is 2.68. The number of ether oxygens (including phenoxy) is 2. The number of hydrogen-bond donors (Lipinski definition) is 1. The van der Waals surface area contributed by atoms with E-state index >= 15 is 0 Å². The van der Waals surface area contributed by atoms with Gasteiger partial charge in [-0.2, -0.15) is 11.8 Å². The van der Waals surface area contributed by atoms with E-state index in [9.17, 15) is 0 Å². The van der Waals surface area contributed by atoms with E-state index in [4.69, 9.17) is 15.2 Å². The molecule has 2 heterocycles. The number of benzene rings is 1. The molecule has 25 heavy (non-hydrogen) atoms. The van der Waals surface area contributed by atoms with Crippen molar-refractivity contribution in [3.8, 4) is 17.4 Å². The SMILES string of the molecule is COc1cccc(Oc2ccc(CN=C(N)N3CCSCC3)cn2)c1. The van der Waals surface area contributed by atoms with Gasteiger partial charge in [0.25, 0.3) is 0 Å². The Morgan fingerprint density at radius 2 is 2.04 bits per heavy atom. The second-order valence-electron chi connectivity index (χ2n) is 5.56. The molecule has 3 rings (SSSR count). The molecule has 7 heteroatoms. The maximum atomic E-state index is 6.07. The smallest absolute Gasteiger partial charge is 0.219 e. The Kier molecular flexibility index (Phi) is 6.00. The van der Waals surface area contributed by atoms with Crippen LogP contribution < -0.4 is 15.2 Å². The van der Waals surface area contributed by atoms with Gasteiger partial charge in [-0.3, -0.25) is 0 Å². The molecule has 0 atom stereocenters. The summed E-state index contributed by atoms with van der Waals surface area (Å²) in [5.41, 5.74) is 7.06. The van der Waals surface area contributed by atoms with Gasteiger partial charge in [-0.15, -0.1) is 0 Å². The summed E-state index contributed by atoms with van der Waals surface area (Å²) >= 11 is 1.95. The Balaban J connectivity index is 1.58. The summed E-state index contributed by atoms with van der Waals surface area (Å²) in [7, 11) is 1.63. The summed E-state index contributed by atoms with van der Waals surface area (Å²) < 4.78 is 10.9. The molecule has 0 unspecified atom stereocenters. The number of nitrogens with two attached hydrogens (primary N) is 1. The largest absolute Gasteiger partial charge is 0.497 e. The molecule has 1 aliphatic heterocycles. The van der Waals surface area contributed by atoms with Gasteiger partial charge in [-0.25, -0.2) is 9.98 Å². The number of aromatic nitrogens is 1. The van der Waals surface area contributed by atoms with Crippen LogP contribution in [-0.4, -0.2) is 47.5 Å². The molecule has 0 spiro atoms. The molecule has 0 aliphatic carbocycles. The molecule has 0 bridgehead atoms. The van der Waals surface area contributed by atoms with Crippen LogP contribution in [-0.2, 0) is 6.54 Å². The average molecular weight is 358 g/mol. The lowest BCUT2D eigenvalue weighted by Crippen LogP contribution is -2.42. The van der Waals surface area contributed by atoms with Crippen molar-refractivity contribution in [3.63, 3.8) is 0 Å². The van der Waals surface area contributed by atoms with Crippen molar-refractivity contribution >= 4 is 17.7 Å². The first-order valence-electron chi connectivity index (χ1n) is 8.14. The highest BCUT2D eigenvalue weighted by Crippen LogP contribution is 2.23. The number of rotatable bonds is 5. The highest BCUT2D eigenvalue weighted by atomic mass is 32.2. The van der Waals surface area contributed by atoms with Gasteiger partial charge in [-0.1, -0.05) is 12.1 Å². The maximum absolute atomic E-state index is 6.07. The summed E-state index contributed by atoms with van der Waals surface area (Å²) in [4.78, 5) is 10.9. The fourth-order valence-corrected chi connectivity index (χ4v) is 3.32. The number of guanidine groups is 1. The summed E-state index contributed by atoms with van der Waals surface area (Å²) in [5.74, 6) is 4.78. The zero-order valence-electron chi connectivity index (χ0n) is 14.2. The van der Waals surface area contributed by atoms with Crippen molar-refractivity contribution in [3.05, 3.63) is 48.2 Å². The van der Waals surface area contributed by atoms with Gasteiger partial charge in [0.15, 0.2) is 5.96 Å². The lowest BCUT2D eigenvalue weighted by atomic mass is 10.3. The van der Waals surface area contributed by atoms with Gasteiger partial charge >= 0.3 is 0 Å². The van der Waals surface area contributed by atoms with E-state index in [1.807, 2.05) is 48.2 Å². The molecule has 132 valence electrons. The lowest BCUT2D eigenvalue weighted by Gasteiger charge is -2.27. The molecule has 0 radical (unpaired) electrons. The first-order valence-corrected chi connectivity index (χ1v) is 9.29. The summed E-state index contributed by atoms with van der Waals surface area (Å²) in [5, 5.41) is 0. The van der Waals surface area contributed by atoms with Crippen molar-refractivity contribution in [2.24, 2.45) is 10.7 Å². The maximum Gasteiger partial charge on any atom is 0.219 e. The number of nitrogens with zero attached hydrogens (tertiary/aromatic N) is 3. The topological polar surface area (TPSA) is 73.0 Å². The van der Waals surface area contributed by atoms with Crippen LogP contribution >= 0.6 is 11.8 Å². The van der Waals surface area contributed by atoms with Crippen molar-refractivity contribution in [2.75, 3.05) is 31.7 Å². The van der Waals surface area contributed by atoms with E-state index < -0.39 is 0 Å². The van der Waals surface area contributed by atoms with E-state index in [0.717, 1.165) is 35.9 Å². The molecular weight excluding hydrogens is 336 g/mol. The molecule has 1 aliphatic rings. The van der Waals surface area contributed by atoms with E-state index in [0.29, 0.717) is 24.1 Å². The van der Waals surface area contributed by atoms with Crippen molar-refractivity contribution in [1.29, 1.82) is 0 Å². The third-order valence-electron chi connectivity index (χ3n) is 3.82. The van der Waals surface area contributed by atoms with Crippen LogP contribution in [0.15, 0.2) is 47.6 Å². The number of aliphatic imine (C=N–C) groups is 1. The predicted molar refractivity (Wildman–Crippen MR) is 102 cm³/mol. The summed E-state index contributed by atoms with van der Waals surface area (Å²) in [6.45, 7) is 2.44. The van der Waals surface area contributed by atoms with Crippen LogP contribution in [0.25, 0.3) is 0 Å². The van der Waals surface area contributed by atoms with Crippen molar-refractivity contribution in [2.45, 2.75) is 6.54 Å². The van der Waals surface area contributed by atoms with Crippen molar-refractivity contribution in [1.82, 2.24) is 9.88 Å². The Hall–Kier alpha value is -2.41. The quantitative estimate of drug-likeness (QED) is 0.654. The minimum Gasteiger partial charge on any atom is -0.497 e. The standard InChI is InChI=1S/C18H22N4O2S/c1-23-15-3-2-4-16(11-15)24-17-6-5-14(12-20-17)13-21-18(19)22-7-9-25-10-8-22/h2-6,11-12H,7-10,13H2,1H3,(H2,19,21). The van der Waals surface area contributed by atoms with Crippen LogP contribution in [0.4, 0.5) is 0 Å². The molecule has 0 amide bonds. The van der Waals surface area contributed by atoms with Crippen LogP contribution in [0.3, 0.4) is 0 Å². The molecule has 1 saturated heterocycles. The zero-order chi connectivity index (χ0) is 17.5. The molecule has 2 N–H and O–H groups in total. The predicted octanol–water partition coefficient (Wildman–Crippen LogP) is 2.75. The van der Waals surface area contributed by atoms with Crippen molar-refractivity contribution < 1.29 is 9.47 Å².